The number of pyridine rings is 1. The molecule has 0 aliphatic rings. The lowest BCUT2D eigenvalue weighted by Crippen LogP contribution is -2.07. The summed E-state index contributed by atoms with van der Waals surface area (Å²) in [5, 5.41) is 0. The van der Waals surface area contributed by atoms with E-state index in [1.54, 1.807) is 18.2 Å². The monoisotopic (exact) mass is 248 g/mol. The molecule has 0 aliphatic heterocycles. The van der Waals surface area contributed by atoms with Gasteiger partial charge in [0.15, 0.2) is 0 Å². The summed E-state index contributed by atoms with van der Waals surface area (Å²) in [6, 6.07) is 8.50. The molecule has 18 heavy (non-hydrogen) atoms. The molecule has 2 rings (SSSR count). The van der Waals surface area contributed by atoms with Crippen molar-refractivity contribution < 1.29 is 13.6 Å². The van der Waals surface area contributed by atoms with Crippen molar-refractivity contribution in [2.75, 3.05) is 5.73 Å². The van der Waals surface area contributed by atoms with E-state index in [1.165, 1.54) is 18.3 Å². The van der Waals surface area contributed by atoms with E-state index in [-0.39, 0.29) is 28.3 Å². The Kier molecular flexibility index (Phi) is 3.32. The first-order valence-corrected chi connectivity index (χ1v) is 5.23. The highest BCUT2D eigenvalue weighted by atomic mass is 19.3. The maximum Gasteiger partial charge on any atom is 0.263 e. The molecule has 0 saturated heterocycles. The number of benzene rings is 1. The second-order valence-electron chi connectivity index (χ2n) is 3.69. The lowest BCUT2D eigenvalue weighted by atomic mass is 10.0. The van der Waals surface area contributed by atoms with E-state index in [9.17, 15) is 13.6 Å². The first kappa shape index (κ1) is 12.2. The third-order valence-corrected chi connectivity index (χ3v) is 2.47. The fourth-order valence-electron chi connectivity index (χ4n) is 1.56. The Morgan fingerprint density at radius 3 is 2.56 bits per heavy atom. The van der Waals surface area contributed by atoms with Crippen LogP contribution in [0.2, 0.25) is 0 Å². The number of carbonyl (C=O) groups is 1. The van der Waals surface area contributed by atoms with Gasteiger partial charge in [-0.2, -0.15) is 0 Å². The fourth-order valence-corrected chi connectivity index (χ4v) is 1.56. The zero-order valence-electron chi connectivity index (χ0n) is 9.31. The number of alkyl halides is 2. The molecule has 92 valence electrons. The molecule has 3 nitrogen and oxygen atoms in total. The predicted octanol–water partition coefficient (Wildman–Crippen LogP) is 2.83. The standard InChI is InChI=1S/C13H10F2N2O/c14-13(15)8-4-5-9(10(16)7-8)12(18)11-3-1-2-6-17-11/h1-7,13H,16H2. The molecule has 0 radical (unpaired) electrons. The Labute approximate surface area is 102 Å². The molecule has 5 heteroatoms. The molecule has 0 fully saturated rings. The molecular formula is C13H10F2N2O. The Morgan fingerprint density at radius 1 is 1.22 bits per heavy atom. The average Bonchev–Trinajstić information content (AvgIpc) is 2.38. The molecule has 2 N–H and O–H groups in total. The van der Waals surface area contributed by atoms with Crippen LogP contribution in [-0.2, 0) is 0 Å². The van der Waals surface area contributed by atoms with Gasteiger partial charge in [0.1, 0.15) is 5.69 Å². The van der Waals surface area contributed by atoms with Crippen molar-refractivity contribution in [3.8, 4) is 0 Å². The Bertz CT molecular complexity index is 570. The quantitative estimate of drug-likeness (QED) is 0.671. The summed E-state index contributed by atoms with van der Waals surface area (Å²) >= 11 is 0. The number of hydrogen-bond donors (Lipinski definition) is 1. The number of anilines is 1. The minimum absolute atomic E-state index is 0.0310. The van der Waals surface area contributed by atoms with E-state index in [4.69, 9.17) is 5.73 Å². The highest BCUT2D eigenvalue weighted by molar-refractivity contribution is 6.10. The van der Waals surface area contributed by atoms with Gasteiger partial charge in [0.05, 0.1) is 0 Å². The lowest BCUT2D eigenvalue weighted by Gasteiger charge is -2.06. The van der Waals surface area contributed by atoms with E-state index >= 15 is 0 Å². The minimum atomic E-state index is -2.61. The van der Waals surface area contributed by atoms with Crippen LogP contribution < -0.4 is 5.73 Å². The molecule has 0 bridgehead atoms. The van der Waals surface area contributed by atoms with Gasteiger partial charge in [-0.1, -0.05) is 12.1 Å². The van der Waals surface area contributed by atoms with Crippen LogP contribution in [0, 0.1) is 0 Å². The van der Waals surface area contributed by atoms with Crippen LogP contribution in [0.25, 0.3) is 0 Å². The number of halogens is 2. The van der Waals surface area contributed by atoms with Crippen LogP contribution >= 0.6 is 0 Å². The topological polar surface area (TPSA) is 56.0 Å². The Morgan fingerprint density at radius 2 is 2.00 bits per heavy atom. The molecule has 1 aromatic heterocycles. The van der Waals surface area contributed by atoms with Gasteiger partial charge in [-0.25, -0.2) is 8.78 Å². The minimum Gasteiger partial charge on any atom is -0.398 e. The van der Waals surface area contributed by atoms with Crippen LogP contribution in [0.1, 0.15) is 28.0 Å². The van der Waals surface area contributed by atoms with E-state index < -0.39 is 6.43 Å². The zero-order valence-corrected chi connectivity index (χ0v) is 9.31. The Hall–Kier alpha value is -2.30. The Balaban J connectivity index is 2.38. The summed E-state index contributed by atoms with van der Waals surface area (Å²) in [5.74, 6) is -0.381. The molecule has 0 atom stereocenters. The number of nitrogens with zero attached hydrogens (tertiary/aromatic N) is 1. The maximum atomic E-state index is 12.4. The smallest absolute Gasteiger partial charge is 0.263 e. The first-order valence-electron chi connectivity index (χ1n) is 5.23. The van der Waals surface area contributed by atoms with Crippen LogP contribution in [0.3, 0.4) is 0 Å². The molecule has 2 aromatic rings. The summed E-state index contributed by atoms with van der Waals surface area (Å²) in [6.45, 7) is 0. The number of hydrogen-bond acceptors (Lipinski definition) is 3. The highest BCUT2D eigenvalue weighted by Gasteiger charge is 2.15. The maximum absolute atomic E-state index is 12.4. The van der Waals surface area contributed by atoms with Crippen LogP contribution in [0.15, 0.2) is 42.6 Å². The van der Waals surface area contributed by atoms with E-state index in [1.807, 2.05) is 0 Å². The van der Waals surface area contributed by atoms with Gasteiger partial charge in [0, 0.05) is 23.0 Å². The molecular weight excluding hydrogens is 238 g/mol. The highest BCUT2D eigenvalue weighted by Crippen LogP contribution is 2.24. The van der Waals surface area contributed by atoms with Crippen molar-refractivity contribution in [1.82, 2.24) is 4.98 Å². The van der Waals surface area contributed by atoms with Crippen LogP contribution in [0.5, 0.6) is 0 Å². The molecule has 0 spiro atoms. The van der Waals surface area contributed by atoms with Crippen molar-refractivity contribution in [2.45, 2.75) is 6.43 Å². The number of carbonyl (C=O) groups excluding carboxylic acids is 1. The van der Waals surface area contributed by atoms with Crippen molar-refractivity contribution in [3.63, 3.8) is 0 Å². The first-order chi connectivity index (χ1) is 8.59. The summed E-state index contributed by atoms with van der Waals surface area (Å²) < 4.78 is 24.9. The van der Waals surface area contributed by atoms with Crippen molar-refractivity contribution in [2.24, 2.45) is 0 Å². The van der Waals surface area contributed by atoms with Gasteiger partial charge in [0.2, 0.25) is 5.78 Å². The molecule has 0 amide bonds. The van der Waals surface area contributed by atoms with Gasteiger partial charge < -0.3 is 5.73 Å². The third-order valence-electron chi connectivity index (χ3n) is 2.47. The van der Waals surface area contributed by atoms with Gasteiger partial charge in [-0.3, -0.25) is 9.78 Å². The second-order valence-corrected chi connectivity index (χ2v) is 3.69. The van der Waals surface area contributed by atoms with Crippen molar-refractivity contribution >= 4 is 11.5 Å². The van der Waals surface area contributed by atoms with Crippen molar-refractivity contribution in [1.29, 1.82) is 0 Å². The summed E-state index contributed by atoms with van der Waals surface area (Å²) in [5.41, 5.74) is 5.85. The summed E-state index contributed by atoms with van der Waals surface area (Å²) in [4.78, 5) is 15.9. The van der Waals surface area contributed by atoms with Gasteiger partial charge in [-0.05, 0) is 24.3 Å². The van der Waals surface area contributed by atoms with Crippen LogP contribution in [-0.4, -0.2) is 10.8 Å². The third kappa shape index (κ3) is 2.34. The van der Waals surface area contributed by atoms with Gasteiger partial charge >= 0.3 is 0 Å². The average molecular weight is 248 g/mol. The van der Waals surface area contributed by atoms with E-state index in [0.29, 0.717) is 0 Å². The number of ketones is 1. The summed E-state index contributed by atoms with van der Waals surface area (Å²) in [6.07, 6.45) is -1.12. The SMILES string of the molecule is Nc1cc(C(F)F)ccc1C(=O)c1ccccn1. The molecule has 0 unspecified atom stereocenters. The molecule has 1 heterocycles. The number of nitrogen functional groups attached to an aromatic ring is 1. The van der Waals surface area contributed by atoms with Gasteiger partial charge in [0.25, 0.3) is 6.43 Å². The largest absolute Gasteiger partial charge is 0.398 e. The molecule has 0 aliphatic carbocycles. The number of nitrogens with two attached hydrogens (primary N) is 1. The number of rotatable bonds is 3. The van der Waals surface area contributed by atoms with Crippen molar-refractivity contribution in [3.05, 3.63) is 59.4 Å². The normalized spacial score (nSPS) is 10.6. The lowest BCUT2D eigenvalue weighted by molar-refractivity contribution is 0.103. The van der Waals surface area contributed by atoms with Gasteiger partial charge in [-0.15, -0.1) is 0 Å². The zero-order chi connectivity index (χ0) is 13.1. The fraction of sp³-hybridized carbons (Fsp3) is 0.0769. The number of aromatic nitrogens is 1. The van der Waals surface area contributed by atoms with Crippen LogP contribution in [0.4, 0.5) is 14.5 Å². The molecule has 1 aromatic carbocycles. The molecule has 0 saturated carbocycles. The van der Waals surface area contributed by atoms with E-state index in [0.717, 1.165) is 6.07 Å². The second kappa shape index (κ2) is 4.91. The predicted molar refractivity (Wildman–Crippen MR) is 63.5 cm³/mol. The summed E-state index contributed by atoms with van der Waals surface area (Å²) in [7, 11) is 0. The van der Waals surface area contributed by atoms with E-state index in [2.05, 4.69) is 4.98 Å².